The van der Waals surface area contributed by atoms with Crippen LogP contribution in [0.3, 0.4) is 0 Å². The highest BCUT2D eigenvalue weighted by Crippen LogP contribution is 2.26. The van der Waals surface area contributed by atoms with Gasteiger partial charge in [-0.15, -0.1) is 0 Å². The minimum atomic E-state index is -2.93. The average Bonchev–Trinajstić information content (AvgIpc) is 2.19. The Hall–Kier alpha value is -0.860. The van der Waals surface area contributed by atoms with Gasteiger partial charge in [-0.25, -0.2) is 18.6 Å². The summed E-state index contributed by atoms with van der Waals surface area (Å²) < 4.78 is 41.8. The van der Waals surface area contributed by atoms with Crippen LogP contribution in [0.1, 0.15) is 22.5 Å². The van der Waals surface area contributed by atoms with E-state index in [1.165, 1.54) is 22.6 Å². The second kappa shape index (κ2) is 4.77. The molecular formula is C8H5F3INO2. The normalized spacial score (nSPS) is 10.5. The fourth-order valence-electron chi connectivity index (χ4n) is 0.920. The van der Waals surface area contributed by atoms with Crippen molar-refractivity contribution >= 4 is 28.6 Å². The number of halogens is 4. The highest BCUT2D eigenvalue weighted by atomic mass is 127. The molecule has 0 radical (unpaired) electrons. The number of hydrogen-bond acceptors (Lipinski definition) is 3. The summed E-state index contributed by atoms with van der Waals surface area (Å²) >= 11 is 1.50. The molecule has 1 aromatic heterocycles. The predicted octanol–water partition coefficient (Wildman–Crippen LogP) is 2.55. The molecule has 0 aliphatic rings. The van der Waals surface area contributed by atoms with E-state index >= 15 is 0 Å². The molecule has 3 nitrogen and oxygen atoms in total. The highest BCUT2D eigenvalue weighted by Gasteiger charge is 2.22. The number of pyridine rings is 1. The Bertz CT molecular complexity index is 398. The Labute approximate surface area is 96.8 Å². The molecule has 0 N–H and O–H groups in total. The predicted molar refractivity (Wildman–Crippen MR) is 53.2 cm³/mol. The van der Waals surface area contributed by atoms with E-state index in [-0.39, 0.29) is 9.13 Å². The van der Waals surface area contributed by atoms with Crippen molar-refractivity contribution in [3.05, 3.63) is 26.8 Å². The van der Waals surface area contributed by atoms with Crippen LogP contribution in [0.4, 0.5) is 13.2 Å². The number of esters is 1. The molecule has 0 saturated heterocycles. The van der Waals surface area contributed by atoms with Gasteiger partial charge in [-0.2, -0.15) is 4.39 Å². The van der Waals surface area contributed by atoms with E-state index < -0.39 is 24.0 Å². The van der Waals surface area contributed by atoms with Gasteiger partial charge in [0.15, 0.2) is 0 Å². The molecule has 0 fully saturated rings. The molecule has 0 aliphatic carbocycles. The Morgan fingerprint density at radius 2 is 2.20 bits per heavy atom. The number of hydrogen-bond donors (Lipinski definition) is 0. The van der Waals surface area contributed by atoms with Crippen LogP contribution in [0.2, 0.25) is 0 Å². The molecule has 0 aromatic carbocycles. The van der Waals surface area contributed by atoms with Crippen LogP contribution in [-0.4, -0.2) is 18.1 Å². The SMILES string of the molecule is COC(=O)c1cc(F)nc(C(F)F)c1I. The third-order valence-electron chi connectivity index (χ3n) is 1.56. The summed E-state index contributed by atoms with van der Waals surface area (Å²) in [6, 6.07) is 0.763. The molecule has 1 rings (SSSR count). The van der Waals surface area contributed by atoms with Gasteiger partial charge < -0.3 is 4.74 Å². The fourth-order valence-corrected chi connectivity index (χ4v) is 1.65. The van der Waals surface area contributed by atoms with Gasteiger partial charge >= 0.3 is 5.97 Å². The van der Waals surface area contributed by atoms with E-state index in [1.807, 2.05) is 0 Å². The van der Waals surface area contributed by atoms with E-state index in [2.05, 4.69) is 9.72 Å². The molecule has 0 bridgehead atoms. The van der Waals surface area contributed by atoms with E-state index in [4.69, 9.17) is 0 Å². The first kappa shape index (κ1) is 12.2. The number of carbonyl (C=O) groups is 1. The molecule has 82 valence electrons. The van der Waals surface area contributed by atoms with Gasteiger partial charge in [-0.1, -0.05) is 0 Å². The van der Waals surface area contributed by atoms with Gasteiger partial charge in [0.05, 0.1) is 16.2 Å². The third-order valence-corrected chi connectivity index (χ3v) is 2.70. The first-order valence-electron chi connectivity index (χ1n) is 3.69. The Morgan fingerprint density at radius 1 is 1.60 bits per heavy atom. The summed E-state index contributed by atoms with van der Waals surface area (Å²) in [6.45, 7) is 0. The number of methoxy groups -OCH3 is 1. The van der Waals surface area contributed by atoms with Crippen molar-refractivity contribution < 1.29 is 22.7 Å². The van der Waals surface area contributed by atoms with E-state index in [0.29, 0.717) is 0 Å². The molecular weight excluding hydrogens is 326 g/mol. The molecule has 0 aliphatic heterocycles. The zero-order valence-corrected chi connectivity index (χ0v) is 9.59. The first-order chi connectivity index (χ1) is 6.97. The van der Waals surface area contributed by atoms with Gasteiger partial charge in [-0.05, 0) is 22.6 Å². The summed E-state index contributed by atoms with van der Waals surface area (Å²) in [5.41, 5.74) is -1.00. The van der Waals surface area contributed by atoms with Crippen molar-refractivity contribution in [3.63, 3.8) is 0 Å². The van der Waals surface area contributed by atoms with Gasteiger partial charge in [0.25, 0.3) is 6.43 Å². The maximum atomic E-state index is 12.8. The van der Waals surface area contributed by atoms with Crippen LogP contribution in [0.15, 0.2) is 6.07 Å². The Kier molecular flexibility index (Phi) is 3.89. The highest BCUT2D eigenvalue weighted by molar-refractivity contribution is 14.1. The molecule has 7 heteroatoms. The summed E-state index contributed by atoms with van der Waals surface area (Å²) in [4.78, 5) is 14.1. The smallest absolute Gasteiger partial charge is 0.339 e. The molecule has 0 unspecified atom stereocenters. The lowest BCUT2D eigenvalue weighted by molar-refractivity contribution is 0.0597. The molecule has 0 atom stereocenters. The number of rotatable bonds is 2. The second-order valence-corrected chi connectivity index (χ2v) is 3.56. The summed E-state index contributed by atoms with van der Waals surface area (Å²) in [6.07, 6.45) is -2.93. The minimum Gasteiger partial charge on any atom is -0.465 e. The van der Waals surface area contributed by atoms with Gasteiger partial charge in [-0.3, -0.25) is 0 Å². The fraction of sp³-hybridized carbons (Fsp3) is 0.250. The van der Waals surface area contributed by atoms with Crippen molar-refractivity contribution in [2.75, 3.05) is 7.11 Å². The van der Waals surface area contributed by atoms with Crippen LogP contribution in [0.25, 0.3) is 0 Å². The van der Waals surface area contributed by atoms with Crippen LogP contribution in [0, 0.1) is 9.52 Å². The maximum absolute atomic E-state index is 12.8. The van der Waals surface area contributed by atoms with Crippen molar-refractivity contribution in [3.8, 4) is 0 Å². The van der Waals surface area contributed by atoms with Gasteiger partial charge in [0.1, 0.15) is 5.69 Å². The van der Waals surface area contributed by atoms with Crippen molar-refractivity contribution in [2.24, 2.45) is 0 Å². The molecule has 1 heterocycles. The van der Waals surface area contributed by atoms with Crippen molar-refractivity contribution in [1.29, 1.82) is 0 Å². The first-order valence-corrected chi connectivity index (χ1v) is 4.77. The van der Waals surface area contributed by atoms with E-state index in [0.717, 1.165) is 13.2 Å². The molecule has 0 amide bonds. The second-order valence-electron chi connectivity index (χ2n) is 2.48. The summed E-state index contributed by atoms with van der Waals surface area (Å²) in [7, 11) is 1.08. The maximum Gasteiger partial charge on any atom is 0.339 e. The Balaban J connectivity index is 3.34. The summed E-state index contributed by atoms with van der Waals surface area (Å²) in [5, 5.41) is 0. The van der Waals surface area contributed by atoms with Gasteiger partial charge in [0, 0.05) is 6.07 Å². The zero-order chi connectivity index (χ0) is 11.6. The minimum absolute atomic E-state index is 0.101. The lowest BCUT2D eigenvalue weighted by atomic mass is 10.2. The topological polar surface area (TPSA) is 39.2 Å². The number of aromatic nitrogens is 1. The number of nitrogens with zero attached hydrogens (tertiary/aromatic N) is 1. The largest absolute Gasteiger partial charge is 0.465 e. The number of ether oxygens (including phenoxy) is 1. The van der Waals surface area contributed by atoms with Crippen molar-refractivity contribution in [2.45, 2.75) is 6.43 Å². The lowest BCUT2D eigenvalue weighted by Crippen LogP contribution is -2.09. The zero-order valence-electron chi connectivity index (χ0n) is 7.43. The quantitative estimate of drug-likeness (QED) is 0.475. The molecule has 0 saturated carbocycles. The monoisotopic (exact) mass is 331 g/mol. The molecule has 15 heavy (non-hydrogen) atoms. The van der Waals surface area contributed by atoms with Crippen LogP contribution >= 0.6 is 22.6 Å². The van der Waals surface area contributed by atoms with Crippen LogP contribution in [-0.2, 0) is 4.74 Å². The number of alkyl halides is 2. The van der Waals surface area contributed by atoms with Crippen molar-refractivity contribution in [1.82, 2.24) is 4.98 Å². The van der Waals surface area contributed by atoms with E-state index in [1.54, 1.807) is 0 Å². The van der Waals surface area contributed by atoms with Crippen LogP contribution in [0.5, 0.6) is 0 Å². The Morgan fingerprint density at radius 3 is 2.67 bits per heavy atom. The average molecular weight is 331 g/mol. The number of carbonyl (C=O) groups excluding carboxylic acids is 1. The standard InChI is InChI=1S/C8H5F3INO2/c1-15-8(14)3-2-4(9)13-6(5(3)12)7(10)11/h2,7H,1H3. The lowest BCUT2D eigenvalue weighted by Gasteiger charge is -2.07. The summed E-state index contributed by atoms with van der Waals surface area (Å²) in [5.74, 6) is -2.01. The van der Waals surface area contributed by atoms with Crippen LogP contribution < -0.4 is 0 Å². The van der Waals surface area contributed by atoms with E-state index in [9.17, 15) is 18.0 Å². The molecule has 1 aromatic rings. The van der Waals surface area contributed by atoms with Gasteiger partial charge in [0.2, 0.25) is 5.95 Å². The third kappa shape index (κ3) is 2.58. The molecule has 0 spiro atoms.